The molecule has 0 aromatic heterocycles. The first kappa shape index (κ1) is 23.2. The van der Waals surface area contributed by atoms with Crippen LogP contribution < -0.4 is 0 Å². The maximum absolute atomic E-state index is 13.2. The SMILES string of the molecule is CCN(C)C(=O)c1cccc(S(=O)(=O)N2CCC(C)(CN3CCN(C)CC3)CC2)c1. The Morgan fingerprint density at radius 3 is 2.33 bits per heavy atom. The van der Waals surface area contributed by atoms with E-state index in [9.17, 15) is 13.2 Å². The zero-order chi connectivity index (χ0) is 21.9. The third-order valence-electron chi connectivity index (χ3n) is 6.67. The molecule has 2 aliphatic rings. The van der Waals surface area contributed by atoms with Gasteiger partial charge in [0.2, 0.25) is 10.0 Å². The van der Waals surface area contributed by atoms with Gasteiger partial charge in [0.25, 0.3) is 5.91 Å². The molecular formula is C22H36N4O3S. The quantitative estimate of drug-likeness (QED) is 0.681. The van der Waals surface area contributed by atoms with Crippen molar-refractivity contribution in [3.63, 3.8) is 0 Å². The van der Waals surface area contributed by atoms with E-state index in [2.05, 4.69) is 23.8 Å². The van der Waals surface area contributed by atoms with E-state index in [4.69, 9.17) is 0 Å². The molecule has 1 amide bonds. The fourth-order valence-corrected chi connectivity index (χ4v) is 5.76. The molecule has 0 saturated carbocycles. The Hall–Kier alpha value is -1.48. The van der Waals surface area contributed by atoms with Crippen molar-refractivity contribution >= 4 is 15.9 Å². The minimum atomic E-state index is -3.60. The molecule has 1 aromatic carbocycles. The summed E-state index contributed by atoms with van der Waals surface area (Å²) in [7, 11) is 0.277. The lowest BCUT2D eigenvalue weighted by Crippen LogP contribution is -2.51. The summed E-state index contributed by atoms with van der Waals surface area (Å²) in [4.78, 5) is 19.1. The van der Waals surface area contributed by atoms with E-state index in [1.54, 1.807) is 34.5 Å². The molecule has 0 atom stereocenters. The van der Waals surface area contributed by atoms with Crippen LogP contribution in [-0.2, 0) is 10.0 Å². The second-order valence-corrected chi connectivity index (χ2v) is 11.1. The number of sulfonamides is 1. The number of carbonyl (C=O) groups is 1. The standard InChI is InChI=1S/C22H36N4O3S/c1-5-24(4)21(27)19-7-6-8-20(17-19)30(28,29)26-11-9-22(2,10-12-26)18-25-15-13-23(3)14-16-25/h6-8,17H,5,9-16,18H2,1-4H3. The molecule has 168 valence electrons. The van der Waals surface area contributed by atoms with Crippen molar-refractivity contribution in [2.24, 2.45) is 5.41 Å². The third-order valence-corrected chi connectivity index (χ3v) is 8.57. The first-order valence-corrected chi connectivity index (χ1v) is 12.4. The number of carbonyl (C=O) groups excluding carboxylic acids is 1. The maximum Gasteiger partial charge on any atom is 0.253 e. The van der Waals surface area contributed by atoms with Gasteiger partial charge in [-0.15, -0.1) is 0 Å². The fourth-order valence-electron chi connectivity index (χ4n) is 4.27. The highest BCUT2D eigenvalue weighted by molar-refractivity contribution is 7.89. The van der Waals surface area contributed by atoms with Crippen LogP contribution >= 0.6 is 0 Å². The van der Waals surface area contributed by atoms with Gasteiger partial charge in [-0.2, -0.15) is 4.31 Å². The van der Waals surface area contributed by atoms with Crippen molar-refractivity contribution in [1.82, 2.24) is 19.0 Å². The van der Waals surface area contributed by atoms with Crippen molar-refractivity contribution in [3.8, 4) is 0 Å². The number of likely N-dealkylation sites (N-methyl/N-ethyl adjacent to an activating group) is 1. The zero-order valence-electron chi connectivity index (χ0n) is 18.8. The second kappa shape index (κ2) is 9.34. The zero-order valence-corrected chi connectivity index (χ0v) is 19.6. The number of piperazine rings is 1. The number of rotatable bonds is 6. The molecule has 0 unspecified atom stereocenters. The third kappa shape index (κ3) is 5.22. The molecule has 2 saturated heterocycles. The van der Waals surface area contributed by atoms with Gasteiger partial charge in [-0.1, -0.05) is 13.0 Å². The van der Waals surface area contributed by atoms with Crippen LogP contribution in [-0.4, -0.2) is 99.8 Å². The molecule has 0 bridgehead atoms. The molecule has 0 aliphatic carbocycles. The Balaban J connectivity index is 1.65. The van der Waals surface area contributed by atoms with Crippen molar-refractivity contribution in [2.75, 3.05) is 66.5 Å². The highest BCUT2D eigenvalue weighted by Crippen LogP contribution is 2.34. The number of benzene rings is 1. The lowest BCUT2D eigenvalue weighted by atomic mass is 9.80. The number of hydrogen-bond acceptors (Lipinski definition) is 5. The van der Waals surface area contributed by atoms with E-state index in [1.165, 1.54) is 6.07 Å². The number of piperidine rings is 1. The highest BCUT2D eigenvalue weighted by atomic mass is 32.2. The van der Waals surface area contributed by atoms with Gasteiger partial charge in [0.15, 0.2) is 0 Å². The van der Waals surface area contributed by atoms with Crippen LogP contribution in [0.25, 0.3) is 0 Å². The molecule has 2 heterocycles. The topological polar surface area (TPSA) is 64.2 Å². The summed E-state index contributed by atoms with van der Waals surface area (Å²) >= 11 is 0. The minimum absolute atomic E-state index is 0.142. The summed E-state index contributed by atoms with van der Waals surface area (Å²) in [5.74, 6) is -0.159. The molecule has 0 N–H and O–H groups in total. The van der Waals surface area contributed by atoms with E-state index in [1.807, 2.05) is 6.92 Å². The molecule has 7 nitrogen and oxygen atoms in total. The molecule has 2 aliphatic heterocycles. The van der Waals surface area contributed by atoms with Crippen molar-refractivity contribution in [2.45, 2.75) is 31.6 Å². The Labute approximate surface area is 181 Å². The van der Waals surface area contributed by atoms with Gasteiger partial charge in [0.1, 0.15) is 0 Å². The fraction of sp³-hybridized carbons (Fsp3) is 0.682. The number of nitrogens with zero attached hydrogens (tertiary/aromatic N) is 4. The van der Waals surface area contributed by atoms with E-state index >= 15 is 0 Å². The average molecular weight is 437 g/mol. The predicted octanol–water partition coefficient (Wildman–Crippen LogP) is 1.82. The van der Waals surface area contributed by atoms with Crippen LogP contribution in [0.4, 0.5) is 0 Å². The molecule has 0 radical (unpaired) electrons. The summed E-state index contributed by atoms with van der Waals surface area (Å²) in [5.41, 5.74) is 0.557. The highest BCUT2D eigenvalue weighted by Gasteiger charge is 2.37. The second-order valence-electron chi connectivity index (χ2n) is 9.14. The molecule has 3 rings (SSSR count). The van der Waals surface area contributed by atoms with Gasteiger partial charge in [-0.05, 0) is 50.4 Å². The Morgan fingerprint density at radius 2 is 1.73 bits per heavy atom. The lowest BCUT2D eigenvalue weighted by molar-refractivity contribution is 0.0726. The smallest absolute Gasteiger partial charge is 0.253 e. The van der Waals surface area contributed by atoms with E-state index < -0.39 is 10.0 Å². The van der Waals surface area contributed by atoms with E-state index in [-0.39, 0.29) is 16.2 Å². The number of amides is 1. The van der Waals surface area contributed by atoms with E-state index in [0.717, 1.165) is 45.6 Å². The van der Waals surface area contributed by atoms with Crippen LogP contribution in [0.5, 0.6) is 0 Å². The molecule has 1 aromatic rings. The first-order valence-electron chi connectivity index (χ1n) is 10.9. The normalized spacial score (nSPS) is 21.5. The van der Waals surface area contributed by atoms with Crippen molar-refractivity contribution in [1.29, 1.82) is 0 Å². The van der Waals surface area contributed by atoms with Gasteiger partial charge in [0.05, 0.1) is 4.90 Å². The van der Waals surface area contributed by atoms with Crippen molar-refractivity contribution in [3.05, 3.63) is 29.8 Å². The van der Waals surface area contributed by atoms with Gasteiger partial charge < -0.3 is 14.7 Å². The van der Waals surface area contributed by atoms with E-state index in [0.29, 0.717) is 25.2 Å². The van der Waals surface area contributed by atoms with Crippen LogP contribution in [0.15, 0.2) is 29.2 Å². The summed E-state index contributed by atoms with van der Waals surface area (Å²) in [6, 6.07) is 6.44. The van der Waals surface area contributed by atoms with Crippen LogP contribution in [0, 0.1) is 5.41 Å². The largest absolute Gasteiger partial charge is 0.342 e. The summed E-state index contributed by atoms with van der Waals surface area (Å²) in [6.07, 6.45) is 1.71. The molecule has 8 heteroatoms. The molecule has 0 spiro atoms. The first-order chi connectivity index (χ1) is 14.1. The monoisotopic (exact) mass is 436 g/mol. The Morgan fingerprint density at radius 1 is 1.10 bits per heavy atom. The molecule has 2 fully saturated rings. The number of hydrogen-bond donors (Lipinski definition) is 0. The molecular weight excluding hydrogens is 400 g/mol. The van der Waals surface area contributed by atoms with Gasteiger partial charge in [0, 0.05) is 65.0 Å². The Kier molecular flexibility index (Phi) is 7.22. The average Bonchev–Trinajstić information content (AvgIpc) is 2.74. The lowest BCUT2D eigenvalue weighted by Gasteiger charge is -2.43. The van der Waals surface area contributed by atoms with Crippen LogP contribution in [0.1, 0.15) is 37.0 Å². The minimum Gasteiger partial charge on any atom is -0.342 e. The van der Waals surface area contributed by atoms with Gasteiger partial charge >= 0.3 is 0 Å². The summed E-state index contributed by atoms with van der Waals surface area (Å²) < 4.78 is 28.0. The Bertz CT molecular complexity index is 842. The predicted molar refractivity (Wildman–Crippen MR) is 119 cm³/mol. The van der Waals surface area contributed by atoms with Gasteiger partial charge in [-0.3, -0.25) is 4.79 Å². The van der Waals surface area contributed by atoms with Crippen LogP contribution in [0.2, 0.25) is 0 Å². The van der Waals surface area contributed by atoms with Gasteiger partial charge in [-0.25, -0.2) is 8.42 Å². The van der Waals surface area contributed by atoms with Crippen molar-refractivity contribution < 1.29 is 13.2 Å². The molecule has 30 heavy (non-hydrogen) atoms. The van der Waals surface area contributed by atoms with Crippen LogP contribution in [0.3, 0.4) is 0 Å². The maximum atomic E-state index is 13.2. The summed E-state index contributed by atoms with van der Waals surface area (Å²) in [6.45, 7) is 11.2. The summed E-state index contributed by atoms with van der Waals surface area (Å²) in [5, 5.41) is 0.